The molecule has 0 aliphatic carbocycles. The number of carboxylic acid groups (broad SMARTS) is 1. The van der Waals surface area contributed by atoms with Crippen LogP contribution in [-0.2, 0) is 0 Å². The van der Waals surface area contributed by atoms with Crippen molar-refractivity contribution in [1.29, 1.82) is 0 Å². The van der Waals surface area contributed by atoms with Gasteiger partial charge in [0, 0.05) is 18.4 Å². The van der Waals surface area contributed by atoms with Gasteiger partial charge < -0.3 is 10.0 Å². The molecule has 0 aromatic heterocycles. The monoisotopic (exact) mass is 263 g/mol. The Morgan fingerprint density at radius 2 is 1.63 bits per heavy atom. The molecular weight excluding hydrogens is 252 g/mol. The van der Waals surface area contributed by atoms with Crippen molar-refractivity contribution < 1.29 is 18.7 Å². The highest BCUT2D eigenvalue weighted by atomic mass is 19.1. The molecule has 2 rings (SSSR count). The molecule has 0 atom stereocenters. The van der Waals surface area contributed by atoms with Crippen molar-refractivity contribution in [1.82, 2.24) is 0 Å². The Morgan fingerprint density at radius 1 is 1.05 bits per heavy atom. The second-order valence-electron chi connectivity index (χ2n) is 4.00. The fourth-order valence-electron chi connectivity index (χ4n) is 1.70. The molecule has 5 heteroatoms. The van der Waals surface area contributed by atoms with E-state index in [0.29, 0.717) is 11.4 Å². The van der Waals surface area contributed by atoms with Crippen molar-refractivity contribution in [2.45, 2.75) is 0 Å². The molecule has 2 aromatic carbocycles. The van der Waals surface area contributed by atoms with Crippen molar-refractivity contribution in [2.24, 2.45) is 0 Å². The van der Waals surface area contributed by atoms with E-state index >= 15 is 0 Å². The lowest BCUT2D eigenvalue weighted by atomic mass is 10.1. The standard InChI is InChI=1S/C14H11F2NO2/c1-17(10-4-2-9(15)3-5-10)11-6-7-12(14(18)19)13(16)8-11/h2-8H,1H3,(H,18,19). The van der Waals surface area contributed by atoms with Crippen LogP contribution in [0.1, 0.15) is 10.4 Å². The fraction of sp³-hybridized carbons (Fsp3) is 0.0714. The van der Waals surface area contributed by atoms with Gasteiger partial charge in [0.25, 0.3) is 0 Å². The van der Waals surface area contributed by atoms with Crippen molar-refractivity contribution in [3.63, 3.8) is 0 Å². The molecule has 0 saturated carbocycles. The smallest absolute Gasteiger partial charge is 0.338 e. The Hall–Kier alpha value is -2.43. The van der Waals surface area contributed by atoms with Gasteiger partial charge in [-0.05, 0) is 42.5 Å². The summed E-state index contributed by atoms with van der Waals surface area (Å²) in [4.78, 5) is 12.3. The van der Waals surface area contributed by atoms with E-state index in [1.165, 1.54) is 24.3 Å². The molecule has 0 aliphatic rings. The maximum atomic E-state index is 13.6. The van der Waals surface area contributed by atoms with E-state index in [4.69, 9.17) is 5.11 Å². The van der Waals surface area contributed by atoms with Gasteiger partial charge in [-0.25, -0.2) is 13.6 Å². The van der Waals surface area contributed by atoms with E-state index < -0.39 is 11.8 Å². The summed E-state index contributed by atoms with van der Waals surface area (Å²) < 4.78 is 26.4. The predicted octanol–water partition coefficient (Wildman–Crippen LogP) is 3.43. The summed E-state index contributed by atoms with van der Waals surface area (Å²) >= 11 is 0. The first-order valence-corrected chi connectivity index (χ1v) is 5.51. The van der Waals surface area contributed by atoms with Gasteiger partial charge in [0.2, 0.25) is 0 Å². The van der Waals surface area contributed by atoms with E-state index in [-0.39, 0.29) is 11.4 Å². The zero-order valence-corrected chi connectivity index (χ0v) is 10.1. The molecule has 0 fully saturated rings. The number of carbonyl (C=O) groups is 1. The molecule has 1 N–H and O–H groups in total. The third-order valence-electron chi connectivity index (χ3n) is 2.78. The maximum Gasteiger partial charge on any atom is 0.338 e. The highest BCUT2D eigenvalue weighted by molar-refractivity contribution is 5.88. The van der Waals surface area contributed by atoms with Crippen molar-refractivity contribution in [3.05, 3.63) is 59.7 Å². The molecule has 0 bridgehead atoms. The summed E-state index contributed by atoms with van der Waals surface area (Å²) in [5.41, 5.74) is 0.772. The number of aromatic carboxylic acids is 1. The van der Waals surface area contributed by atoms with Crippen LogP contribution in [0.2, 0.25) is 0 Å². The number of hydrogen-bond donors (Lipinski definition) is 1. The van der Waals surface area contributed by atoms with Crippen LogP contribution >= 0.6 is 0 Å². The summed E-state index contributed by atoms with van der Waals surface area (Å²) in [7, 11) is 1.68. The third-order valence-corrected chi connectivity index (χ3v) is 2.78. The van der Waals surface area contributed by atoms with Crippen LogP contribution in [0.15, 0.2) is 42.5 Å². The number of rotatable bonds is 3. The van der Waals surface area contributed by atoms with E-state index in [1.54, 1.807) is 24.1 Å². The second kappa shape index (κ2) is 5.06. The van der Waals surface area contributed by atoms with Gasteiger partial charge in [0.05, 0.1) is 5.56 Å². The van der Waals surface area contributed by atoms with Crippen LogP contribution < -0.4 is 4.90 Å². The molecule has 0 spiro atoms. The first-order valence-electron chi connectivity index (χ1n) is 5.51. The normalized spacial score (nSPS) is 10.3. The highest BCUT2D eigenvalue weighted by Gasteiger charge is 2.12. The number of benzene rings is 2. The Labute approximate surface area is 108 Å². The van der Waals surface area contributed by atoms with Crippen LogP contribution in [0.3, 0.4) is 0 Å². The molecule has 3 nitrogen and oxygen atoms in total. The minimum atomic E-state index is -1.31. The largest absolute Gasteiger partial charge is 0.478 e. The van der Waals surface area contributed by atoms with Crippen molar-refractivity contribution in [2.75, 3.05) is 11.9 Å². The second-order valence-corrected chi connectivity index (χ2v) is 4.00. The lowest BCUT2D eigenvalue weighted by Gasteiger charge is -2.19. The molecule has 2 aromatic rings. The summed E-state index contributed by atoms with van der Waals surface area (Å²) in [6.45, 7) is 0. The summed E-state index contributed by atoms with van der Waals surface area (Å²) in [6, 6.07) is 9.54. The van der Waals surface area contributed by atoms with Gasteiger partial charge >= 0.3 is 5.97 Å². The summed E-state index contributed by atoms with van der Waals surface area (Å²) in [5.74, 6) is -2.47. The molecule has 0 unspecified atom stereocenters. The van der Waals surface area contributed by atoms with Crippen molar-refractivity contribution >= 4 is 17.3 Å². The van der Waals surface area contributed by atoms with Crippen LogP contribution in [0, 0.1) is 11.6 Å². The minimum absolute atomic E-state index is 0.357. The minimum Gasteiger partial charge on any atom is -0.478 e. The third kappa shape index (κ3) is 2.70. The van der Waals surface area contributed by atoms with Crippen molar-refractivity contribution in [3.8, 4) is 0 Å². The topological polar surface area (TPSA) is 40.5 Å². The Kier molecular flexibility index (Phi) is 3.46. The van der Waals surface area contributed by atoms with Crippen LogP contribution in [0.4, 0.5) is 20.2 Å². The number of nitrogens with zero attached hydrogens (tertiary/aromatic N) is 1. The van der Waals surface area contributed by atoms with E-state index in [9.17, 15) is 13.6 Å². The van der Waals surface area contributed by atoms with Crippen LogP contribution in [0.25, 0.3) is 0 Å². The van der Waals surface area contributed by atoms with Gasteiger partial charge in [-0.15, -0.1) is 0 Å². The zero-order chi connectivity index (χ0) is 14.0. The van der Waals surface area contributed by atoms with Gasteiger partial charge in [0.1, 0.15) is 11.6 Å². The van der Waals surface area contributed by atoms with E-state index in [0.717, 1.165) is 6.07 Å². The molecular formula is C14H11F2NO2. The first-order chi connectivity index (χ1) is 8.99. The molecule has 0 aliphatic heterocycles. The van der Waals surface area contributed by atoms with Gasteiger partial charge in [-0.1, -0.05) is 0 Å². The molecule has 0 radical (unpaired) electrons. The maximum absolute atomic E-state index is 13.6. The van der Waals surface area contributed by atoms with E-state index in [1.807, 2.05) is 0 Å². The molecule has 0 saturated heterocycles. The molecule has 0 amide bonds. The van der Waals surface area contributed by atoms with Gasteiger partial charge in [-0.2, -0.15) is 0 Å². The zero-order valence-electron chi connectivity index (χ0n) is 10.1. The van der Waals surface area contributed by atoms with Gasteiger partial charge in [-0.3, -0.25) is 0 Å². The number of carboxylic acids is 1. The average molecular weight is 263 g/mol. The van der Waals surface area contributed by atoms with Crippen LogP contribution in [0.5, 0.6) is 0 Å². The lowest BCUT2D eigenvalue weighted by Crippen LogP contribution is -2.10. The quantitative estimate of drug-likeness (QED) is 0.922. The van der Waals surface area contributed by atoms with Gasteiger partial charge in [0.15, 0.2) is 0 Å². The highest BCUT2D eigenvalue weighted by Crippen LogP contribution is 2.25. The molecule has 19 heavy (non-hydrogen) atoms. The Morgan fingerprint density at radius 3 is 2.16 bits per heavy atom. The average Bonchev–Trinajstić information content (AvgIpc) is 2.38. The predicted molar refractivity (Wildman–Crippen MR) is 67.8 cm³/mol. The lowest BCUT2D eigenvalue weighted by molar-refractivity contribution is 0.0692. The summed E-state index contributed by atoms with van der Waals surface area (Å²) in [5, 5.41) is 8.75. The Balaban J connectivity index is 2.34. The fourth-order valence-corrected chi connectivity index (χ4v) is 1.70. The number of hydrogen-bond acceptors (Lipinski definition) is 2. The van der Waals surface area contributed by atoms with Crippen LogP contribution in [-0.4, -0.2) is 18.1 Å². The van der Waals surface area contributed by atoms with E-state index in [2.05, 4.69) is 0 Å². The Bertz CT molecular complexity index is 611. The summed E-state index contributed by atoms with van der Waals surface area (Å²) in [6.07, 6.45) is 0. The molecule has 0 heterocycles. The first kappa shape index (κ1) is 13.0. The number of halogens is 2. The molecule has 98 valence electrons. The number of anilines is 2. The SMILES string of the molecule is CN(c1ccc(F)cc1)c1ccc(C(=O)O)c(F)c1.